The van der Waals surface area contributed by atoms with Gasteiger partial charge >= 0.3 is 5.97 Å². The summed E-state index contributed by atoms with van der Waals surface area (Å²) in [6.07, 6.45) is 5.52. The maximum Gasteiger partial charge on any atom is 0.319 e. The van der Waals surface area contributed by atoms with Gasteiger partial charge in [-0.2, -0.15) is 0 Å². The number of benzene rings is 1. The van der Waals surface area contributed by atoms with E-state index >= 15 is 0 Å². The van der Waals surface area contributed by atoms with Gasteiger partial charge in [0.25, 0.3) is 0 Å². The number of carbonyl (C=O) groups excluding carboxylic acids is 1. The molecular weight excluding hydrogens is 374 g/mol. The van der Waals surface area contributed by atoms with Crippen molar-refractivity contribution in [2.45, 2.75) is 42.3 Å². The van der Waals surface area contributed by atoms with Crippen LogP contribution in [0.2, 0.25) is 0 Å². The van der Waals surface area contributed by atoms with E-state index in [1.54, 1.807) is 24.2 Å². The molecule has 4 rings (SSSR count). The van der Waals surface area contributed by atoms with Crippen molar-refractivity contribution in [1.29, 1.82) is 0 Å². The first-order chi connectivity index (χ1) is 13.7. The molecule has 1 saturated heterocycles. The van der Waals surface area contributed by atoms with Gasteiger partial charge in [0.05, 0.1) is 18.8 Å². The van der Waals surface area contributed by atoms with E-state index in [4.69, 9.17) is 4.74 Å². The van der Waals surface area contributed by atoms with Gasteiger partial charge in [0, 0.05) is 29.9 Å². The van der Waals surface area contributed by atoms with Crippen LogP contribution in [0.4, 0.5) is 11.5 Å². The van der Waals surface area contributed by atoms with Crippen molar-refractivity contribution >= 4 is 29.2 Å². The number of aromatic nitrogens is 2. The zero-order valence-electron chi connectivity index (χ0n) is 16.0. The molecule has 2 aliphatic rings. The van der Waals surface area contributed by atoms with Crippen LogP contribution in [-0.2, 0) is 16.1 Å². The lowest BCUT2D eigenvalue weighted by Crippen LogP contribution is -2.43. The number of hydrogen-bond acceptors (Lipinski definition) is 8. The molecule has 0 spiro atoms. The number of esters is 1. The minimum Gasteiger partial charge on any atom is -0.465 e. The fraction of sp³-hybridized carbons (Fsp3) is 0.450. The Morgan fingerprint density at radius 2 is 2.14 bits per heavy atom. The third-order valence-corrected chi connectivity index (χ3v) is 6.07. The second-order valence-electron chi connectivity index (χ2n) is 7.00. The van der Waals surface area contributed by atoms with Crippen LogP contribution in [0.3, 0.4) is 0 Å². The van der Waals surface area contributed by atoms with E-state index in [1.807, 2.05) is 6.92 Å². The van der Waals surface area contributed by atoms with Crippen LogP contribution in [0.5, 0.6) is 0 Å². The monoisotopic (exact) mass is 399 g/mol. The van der Waals surface area contributed by atoms with Gasteiger partial charge in [-0.3, -0.25) is 9.69 Å². The lowest BCUT2D eigenvalue weighted by atomic mass is 10.0. The molecule has 8 heteroatoms. The van der Waals surface area contributed by atoms with Crippen molar-refractivity contribution in [2.75, 3.05) is 31.6 Å². The highest BCUT2D eigenvalue weighted by Crippen LogP contribution is 2.42. The van der Waals surface area contributed by atoms with Gasteiger partial charge in [0.15, 0.2) is 5.82 Å². The number of anilines is 2. The lowest BCUT2D eigenvalue weighted by Gasteiger charge is -2.32. The van der Waals surface area contributed by atoms with Crippen LogP contribution < -0.4 is 10.6 Å². The summed E-state index contributed by atoms with van der Waals surface area (Å²) in [7, 11) is 0. The third-order valence-electron chi connectivity index (χ3n) is 5.00. The number of carbonyl (C=O) groups is 1. The summed E-state index contributed by atoms with van der Waals surface area (Å²) in [5.41, 5.74) is 2.39. The van der Waals surface area contributed by atoms with E-state index in [0.29, 0.717) is 19.2 Å². The number of nitrogens with one attached hydrogen (secondary N) is 2. The largest absolute Gasteiger partial charge is 0.465 e. The summed E-state index contributed by atoms with van der Waals surface area (Å²) in [4.78, 5) is 23.9. The smallest absolute Gasteiger partial charge is 0.319 e. The Kier molecular flexibility index (Phi) is 6.09. The molecule has 0 amide bonds. The van der Waals surface area contributed by atoms with Gasteiger partial charge < -0.3 is 15.4 Å². The van der Waals surface area contributed by atoms with E-state index in [9.17, 15) is 4.79 Å². The highest BCUT2D eigenvalue weighted by molar-refractivity contribution is 7.99. The molecule has 28 heavy (non-hydrogen) atoms. The molecule has 0 unspecified atom stereocenters. The van der Waals surface area contributed by atoms with Crippen LogP contribution in [0.1, 0.15) is 25.3 Å². The Bertz CT molecular complexity index is 839. The molecule has 0 radical (unpaired) electrons. The van der Waals surface area contributed by atoms with Gasteiger partial charge in [-0.05, 0) is 50.6 Å². The number of rotatable bonds is 6. The maximum absolute atomic E-state index is 11.5. The standard InChI is InChI=1S/C20H25N5O2S/c1-2-27-18(26)12-23-15-5-9-25(10-6-15)13-14-3-4-17-16(11-14)24-19-20(28-17)22-8-7-21-19/h3-4,7-8,11,15,23H,2,5-6,9-10,12-13H2,1H3,(H,21,24). The zero-order chi connectivity index (χ0) is 19.3. The predicted molar refractivity (Wildman–Crippen MR) is 109 cm³/mol. The number of likely N-dealkylation sites (tertiary alicyclic amines) is 1. The van der Waals surface area contributed by atoms with Crippen molar-refractivity contribution in [3.05, 3.63) is 36.2 Å². The van der Waals surface area contributed by atoms with Gasteiger partial charge in [-0.1, -0.05) is 17.8 Å². The molecule has 148 valence electrons. The summed E-state index contributed by atoms with van der Waals surface area (Å²) in [6, 6.07) is 6.95. The first-order valence-electron chi connectivity index (χ1n) is 9.71. The Balaban J connectivity index is 1.29. The molecule has 3 heterocycles. The molecule has 2 N–H and O–H groups in total. The van der Waals surface area contributed by atoms with E-state index in [-0.39, 0.29) is 5.97 Å². The Morgan fingerprint density at radius 1 is 1.32 bits per heavy atom. The second-order valence-corrected chi connectivity index (χ2v) is 8.03. The topological polar surface area (TPSA) is 79.4 Å². The summed E-state index contributed by atoms with van der Waals surface area (Å²) in [5, 5.41) is 7.63. The molecule has 0 atom stereocenters. The van der Waals surface area contributed by atoms with E-state index in [0.717, 1.165) is 49.0 Å². The molecule has 0 aliphatic carbocycles. The SMILES string of the molecule is CCOC(=O)CNC1CCN(Cc2ccc3c(c2)Nc2nccnc2S3)CC1. The molecule has 2 aliphatic heterocycles. The van der Waals surface area contributed by atoms with Gasteiger partial charge in [-0.15, -0.1) is 0 Å². The van der Waals surface area contributed by atoms with Crippen LogP contribution in [0, 0.1) is 0 Å². The maximum atomic E-state index is 11.5. The third kappa shape index (κ3) is 4.63. The predicted octanol–water partition coefficient (Wildman–Crippen LogP) is 2.80. The number of hydrogen-bond donors (Lipinski definition) is 2. The molecule has 0 bridgehead atoms. The average molecular weight is 400 g/mol. The summed E-state index contributed by atoms with van der Waals surface area (Å²) >= 11 is 1.65. The van der Waals surface area contributed by atoms with Crippen molar-refractivity contribution in [3.8, 4) is 0 Å². The first kappa shape index (κ1) is 19.2. The Morgan fingerprint density at radius 3 is 2.96 bits per heavy atom. The van der Waals surface area contributed by atoms with Crippen LogP contribution in [-0.4, -0.2) is 53.1 Å². The van der Waals surface area contributed by atoms with Gasteiger partial charge in [0.1, 0.15) is 5.03 Å². The quantitative estimate of drug-likeness (QED) is 0.613. The van der Waals surface area contributed by atoms with Gasteiger partial charge in [0.2, 0.25) is 0 Å². The average Bonchev–Trinajstić information content (AvgIpc) is 2.72. The fourth-order valence-corrected chi connectivity index (χ4v) is 4.45. The highest BCUT2D eigenvalue weighted by Gasteiger charge is 2.21. The Hall–Kier alpha value is -2.16. The minimum atomic E-state index is -0.171. The van der Waals surface area contributed by atoms with Crippen molar-refractivity contribution in [2.24, 2.45) is 0 Å². The first-order valence-corrected chi connectivity index (χ1v) is 10.5. The molecule has 7 nitrogen and oxygen atoms in total. The summed E-state index contributed by atoms with van der Waals surface area (Å²) < 4.78 is 4.97. The van der Waals surface area contributed by atoms with E-state index in [1.165, 1.54) is 10.5 Å². The fourth-order valence-electron chi connectivity index (χ4n) is 3.57. The summed E-state index contributed by atoms with van der Waals surface area (Å²) in [6.45, 7) is 5.54. The highest BCUT2D eigenvalue weighted by atomic mass is 32.2. The minimum absolute atomic E-state index is 0.171. The molecule has 1 aromatic carbocycles. The van der Waals surface area contributed by atoms with Crippen LogP contribution in [0.25, 0.3) is 0 Å². The van der Waals surface area contributed by atoms with Gasteiger partial charge in [-0.25, -0.2) is 9.97 Å². The van der Waals surface area contributed by atoms with E-state index in [2.05, 4.69) is 43.7 Å². The van der Waals surface area contributed by atoms with Crippen LogP contribution in [0.15, 0.2) is 40.5 Å². The number of fused-ring (bicyclic) bond motifs is 2. The van der Waals surface area contributed by atoms with E-state index < -0.39 is 0 Å². The van der Waals surface area contributed by atoms with Crippen LogP contribution >= 0.6 is 11.8 Å². The van der Waals surface area contributed by atoms with Crippen molar-refractivity contribution in [1.82, 2.24) is 20.2 Å². The molecule has 1 fully saturated rings. The number of nitrogens with zero attached hydrogens (tertiary/aromatic N) is 3. The molecule has 1 aromatic heterocycles. The molecule has 0 saturated carbocycles. The normalized spacial score (nSPS) is 16.8. The Labute approximate surface area is 169 Å². The summed E-state index contributed by atoms with van der Waals surface area (Å²) in [5.74, 6) is 0.654. The molecular formula is C20H25N5O2S. The molecule has 2 aromatic rings. The second kappa shape index (κ2) is 8.89. The van der Waals surface area contributed by atoms with Crippen molar-refractivity contribution < 1.29 is 9.53 Å². The number of ether oxygens (including phenoxy) is 1. The lowest BCUT2D eigenvalue weighted by molar-refractivity contribution is -0.142. The zero-order valence-corrected chi connectivity index (χ0v) is 16.8. The number of piperidine rings is 1. The van der Waals surface area contributed by atoms with Crippen molar-refractivity contribution in [3.63, 3.8) is 0 Å².